The predicted octanol–water partition coefficient (Wildman–Crippen LogP) is 11.3. The van der Waals surface area contributed by atoms with Gasteiger partial charge in [-0.2, -0.15) is 0 Å². The lowest BCUT2D eigenvalue weighted by molar-refractivity contribution is -0.141. The van der Waals surface area contributed by atoms with Gasteiger partial charge >= 0.3 is 17.9 Å². The van der Waals surface area contributed by atoms with Crippen LogP contribution in [0.25, 0.3) is 0 Å². The molecule has 0 saturated carbocycles. The van der Waals surface area contributed by atoms with Crippen LogP contribution in [0.2, 0.25) is 0 Å². The van der Waals surface area contributed by atoms with Gasteiger partial charge in [0.15, 0.2) is 0 Å². The Balaban J connectivity index is -0.000000690. The second-order valence-corrected chi connectivity index (χ2v) is 11.4. The van der Waals surface area contributed by atoms with Crippen molar-refractivity contribution in [3.8, 4) is 0 Å². The maximum Gasteiger partial charge on any atom is 0.303 e. The number of aliphatic carboxylic acids is 2. The molecule has 0 radical (unpaired) electrons. The molecule has 0 bridgehead atoms. The number of carboxylic acids is 2. The number of esters is 1. The minimum absolute atomic E-state index is 0.175. The molecule has 0 aliphatic heterocycles. The summed E-state index contributed by atoms with van der Waals surface area (Å²) in [6.07, 6.45) is 32.7. The Bertz CT molecular complexity index is 535. The number of rotatable bonds is 28. The van der Waals surface area contributed by atoms with Crippen molar-refractivity contribution in [3.63, 3.8) is 0 Å². The molecule has 246 valence electrons. The molecular weight excluding hydrogens is 516 g/mol. The van der Waals surface area contributed by atoms with E-state index in [0.29, 0.717) is 19.4 Å². The molecule has 0 rings (SSSR count). The summed E-state index contributed by atoms with van der Waals surface area (Å²) in [7, 11) is 0. The lowest BCUT2D eigenvalue weighted by Crippen LogP contribution is -1.99. The van der Waals surface area contributed by atoms with Crippen LogP contribution in [-0.2, 0) is 19.1 Å². The first-order valence-electron chi connectivity index (χ1n) is 17.4. The van der Waals surface area contributed by atoms with Crippen LogP contribution in [0.3, 0.4) is 0 Å². The Hall–Kier alpha value is -1.59. The first kappa shape index (κ1) is 43.9. The zero-order valence-electron chi connectivity index (χ0n) is 27.8. The fourth-order valence-electron chi connectivity index (χ4n) is 4.45. The highest BCUT2D eigenvalue weighted by Gasteiger charge is 1.97. The predicted molar refractivity (Wildman–Crippen MR) is 174 cm³/mol. The summed E-state index contributed by atoms with van der Waals surface area (Å²) in [6, 6.07) is 0. The Morgan fingerprint density at radius 1 is 0.415 bits per heavy atom. The molecule has 2 N–H and O–H groups in total. The van der Waals surface area contributed by atoms with Gasteiger partial charge in [0.05, 0.1) is 6.61 Å². The molecule has 0 heterocycles. The fraction of sp³-hybridized carbons (Fsp3) is 0.914. The van der Waals surface area contributed by atoms with Gasteiger partial charge < -0.3 is 14.9 Å². The molecule has 0 atom stereocenters. The van der Waals surface area contributed by atoms with Crippen molar-refractivity contribution >= 4 is 17.9 Å². The number of unbranched alkanes of at least 4 members (excludes halogenated alkanes) is 22. The minimum Gasteiger partial charge on any atom is -0.481 e. The Morgan fingerprint density at radius 2 is 0.659 bits per heavy atom. The van der Waals surface area contributed by atoms with Crippen molar-refractivity contribution in [2.75, 3.05) is 6.61 Å². The number of carbonyl (C=O) groups excluding carboxylic acids is 1. The van der Waals surface area contributed by atoms with Crippen LogP contribution in [0.1, 0.15) is 201 Å². The van der Waals surface area contributed by atoms with Gasteiger partial charge in [0.25, 0.3) is 0 Å². The number of hydrogen-bond acceptors (Lipinski definition) is 4. The van der Waals surface area contributed by atoms with Gasteiger partial charge in [0, 0.05) is 19.8 Å². The summed E-state index contributed by atoms with van der Waals surface area (Å²) < 4.78 is 4.70. The van der Waals surface area contributed by atoms with Crippen molar-refractivity contribution in [1.82, 2.24) is 0 Å². The molecule has 0 aliphatic carbocycles. The van der Waals surface area contributed by atoms with Gasteiger partial charge in [-0.05, 0) is 19.3 Å². The average molecular weight is 587 g/mol. The highest BCUT2D eigenvalue weighted by molar-refractivity contribution is 5.66. The lowest BCUT2D eigenvalue weighted by atomic mass is 10.0. The van der Waals surface area contributed by atoms with Crippen LogP contribution in [0.15, 0.2) is 0 Å². The topological polar surface area (TPSA) is 101 Å². The molecule has 41 heavy (non-hydrogen) atoms. The van der Waals surface area contributed by atoms with E-state index in [4.69, 9.17) is 14.9 Å². The third-order valence-electron chi connectivity index (χ3n) is 7.04. The normalized spacial score (nSPS) is 10.2. The molecule has 0 aliphatic rings. The van der Waals surface area contributed by atoms with E-state index in [1.807, 2.05) is 0 Å². The van der Waals surface area contributed by atoms with Crippen LogP contribution in [0, 0.1) is 0 Å². The van der Waals surface area contributed by atoms with Crippen LogP contribution < -0.4 is 0 Å². The number of hydrogen-bond donors (Lipinski definition) is 2. The summed E-state index contributed by atoms with van der Waals surface area (Å²) in [4.78, 5) is 30.4. The highest BCUT2D eigenvalue weighted by Crippen LogP contribution is 2.14. The van der Waals surface area contributed by atoms with E-state index in [0.717, 1.165) is 44.9 Å². The zero-order valence-corrected chi connectivity index (χ0v) is 27.8. The van der Waals surface area contributed by atoms with E-state index >= 15 is 0 Å². The highest BCUT2D eigenvalue weighted by atomic mass is 16.5. The van der Waals surface area contributed by atoms with Gasteiger partial charge in [-0.1, -0.05) is 162 Å². The van der Waals surface area contributed by atoms with E-state index in [2.05, 4.69) is 20.8 Å². The van der Waals surface area contributed by atoms with Gasteiger partial charge in [0.1, 0.15) is 0 Å². The molecule has 0 spiro atoms. The molecule has 6 nitrogen and oxygen atoms in total. The van der Waals surface area contributed by atoms with Crippen molar-refractivity contribution in [2.45, 2.75) is 201 Å². The Morgan fingerprint density at radius 3 is 0.951 bits per heavy atom. The van der Waals surface area contributed by atoms with E-state index in [-0.39, 0.29) is 5.97 Å². The van der Waals surface area contributed by atoms with Crippen LogP contribution >= 0.6 is 0 Å². The summed E-state index contributed by atoms with van der Waals surface area (Å²) in [5.41, 5.74) is 0. The van der Waals surface area contributed by atoms with Crippen molar-refractivity contribution in [2.24, 2.45) is 0 Å². The SMILES string of the molecule is CCCCCC(=O)O.CCCCCCCCCCCCCCCCCCCCCC(=O)O.CCCCCOC(C)=O. The molecule has 0 aromatic carbocycles. The van der Waals surface area contributed by atoms with Gasteiger partial charge in [-0.25, -0.2) is 0 Å². The first-order valence-corrected chi connectivity index (χ1v) is 17.4. The maximum atomic E-state index is 10.4. The largest absolute Gasteiger partial charge is 0.481 e. The van der Waals surface area contributed by atoms with Gasteiger partial charge in [-0.15, -0.1) is 0 Å². The van der Waals surface area contributed by atoms with E-state index in [9.17, 15) is 14.4 Å². The van der Waals surface area contributed by atoms with Crippen molar-refractivity contribution in [1.29, 1.82) is 0 Å². The second-order valence-electron chi connectivity index (χ2n) is 11.4. The Labute approximate surface area is 254 Å². The Kier molecular flexibility index (Phi) is 43.4. The van der Waals surface area contributed by atoms with E-state index in [1.54, 1.807) is 0 Å². The molecule has 0 aromatic heterocycles. The molecule has 0 fully saturated rings. The molecular formula is C35H70O6. The van der Waals surface area contributed by atoms with E-state index in [1.165, 1.54) is 122 Å². The third-order valence-corrected chi connectivity index (χ3v) is 7.04. The third kappa shape index (κ3) is 55.1. The van der Waals surface area contributed by atoms with Crippen LogP contribution in [-0.4, -0.2) is 34.7 Å². The molecule has 6 heteroatoms. The molecule has 0 saturated heterocycles. The fourth-order valence-corrected chi connectivity index (χ4v) is 4.45. The van der Waals surface area contributed by atoms with Crippen LogP contribution in [0.5, 0.6) is 0 Å². The van der Waals surface area contributed by atoms with Crippen molar-refractivity contribution < 1.29 is 29.3 Å². The smallest absolute Gasteiger partial charge is 0.303 e. The average Bonchev–Trinajstić information content (AvgIpc) is 2.93. The quantitative estimate of drug-likeness (QED) is 0.0698. The standard InChI is InChI=1S/C22H44O2.C7H14O2.C6H12O2/c1-2-3-4-5-6-7-8-9-10-11-12-13-14-15-16-17-18-19-20-21-22(23)24;1-3-4-5-6-9-7(2)8;1-2-3-4-5-6(7)8/h2-21H2,1H3,(H,23,24);3-6H2,1-2H3;2-5H2,1H3,(H,7,8). The summed E-state index contributed by atoms with van der Waals surface area (Å²) in [5, 5.41) is 16.7. The molecule has 0 aromatic rings. The van der Waals surface area contributed by atoms with Gasteiger partial charge in [-0.3, -0.25) is 14.4 Å². The number of carboxylic acid groups (broad SMARTS) is 2. The monoisotopic (exact) mass is 587 g/mol. The first-order chi connectivity index (χ1) is 19.8. The summed E-state index contributed by atoms with van der Waals surface area (Å²) in [5.74, 6) is -1.51. The molecule has 0 unspecified atom stereocenters. The van der Waals surface area contributed by atoms with Crippen LogP contribution in [0.4, 0.5) is 0 Å². The van der Waals surface area contributed by atoms with Gasteiger partial charge in [0.2, 0.25) is 0 Å². The number of ether oxygens (including phenoxy) is 1. The van der Waals surface area contributed by atoms with Crippen molar-refractivity contribution in [3.05, 3.63) is 0 Å². The summed E-state index contributed by atoms with van der Waals surface area (Å²) in [6.45, 7) is 8.48. The summed E-state index contributed by atoms with van der Waals surface area (Å²) >= 11 is 0. The zero-order chi connectivity index (χ0) is 31.2. The minimum atomic E-state index is -0.682. The lowest BCUT2D eigenvalue weighted by Gasteiger charge is -2.03. The maximum absolute atomic E-state index is 10.4. The molecule has 0 amide bonds. The van der Waals surface area contributed by atoms with E-state index < -0.39 is 11.9 Å². The second kappa shape index (κ2) is 40.5. The number of carbonyl (C=O) groups is 3.